The van der Waals surface area contributed by atoms with E-state index in [-0.39, 0.29) is 30.2 Å². The molecular weight excluding hydrogens is 474 g/mol. The molecule has 0 spiro atoms. The monoisotopic (exact) mass is 511 g/mol. The average molecular weight is 512 g/mol. The number of fused-ring (bicyclic) bond motifs is 1. The summed E-state index contributed by atoms with van der Waals surface area (Å²) >= 11 is 0. The van der Waals surface area contributed by atoms with Gasteiger partial charge in [-0.3, -0.25) is 9.59 Å². The zero-order chi connectivity index (χ0) is 26.2. The molecule has 0 radical (unpaired) electrons. The zero-order valence-corrected chi connectivity index (χ0v) is 21.9. The van der Waals surface area contributed by atoms with Gasteiger partial charge < -0.3 is 29.2 Å². The predicted octanol–water partition coefficient (Wildman–Crippen LogP) is 2.90. The van der Waals surface area contributed by atoms with Gasteiger partial charge in [-0.1, -0.05) is 12.1 Å². The smallest absolute Gasteiger partial charge is 0.410 e. The number of H-pyrrole nitrogens is 1. The molecule has 10 nitrogen and oxygen atoms in total. The van der Waals surface area contributed by atoms with E-state index in [0.29, 0.717) is 51.7 Å². The number of benzene rings is 1. The summed E-state index contributed by atoms with van der Waals surface area (Å²) in [6, 6.07) is 7.24. The molecule has 0 unspecified atom stereocenters. The van der Waals surface area contributed by atoms with Gasteiger partial charge >= 0.3 is 6.09 Å². The van der Waals surface area contributed by atoms with E-state index in [9.17, 15) is 14.4 Å². The fraction of sp³-hybridized carbons (Fsp3) is 0.630. The summed E-state index contributed by atoms with van der Waals surface area (Å²) in [6.45, 7) is 8.76. The van der Waals surface area contributed by atoms with Crippen LogP contribution in [0, 0.1) is 11.8 Å². The average Bonchev–Trinajstić information content (AvgIpc) is 3.60. The third-order valence-electron chi connectivity index (χ3n) is 7.20. The number of aromatic nitrogens is 2. The minimum absolute atomic E-state index is 0.00381. The highest BCUT2D eigenvalue weighted by Crippen LogP contribution is 2.33. The van der Waals surface area contributed by atoms with Crippen LogP contribution >= 0.6 is 0 Å². The van der Waals surface area contributed by atoms with Crippen molar-refractivity contribution in [3.05, 3.63) is 30.1 Å². The van der Waals surface area contributed by atoms with E-state index in [1.165, 1.54) is 0 Å². The lowest BCUT2D eigenvalue weighted by Gasteiger charge is -2.43. The standard InChI is InChI=1S/C27H37N5O5/c1-27(2,3)37-26(35)31-16-19(24(33)30-10-12-36-13-11-30)14-20(17-31)32(15-18-8-9-18)25(34)23-28-21-6-4-5-7-22(21)29-23/h4-7,18-20H,8-17H2,1-3H3,(H,28,29)/t19-,20+/m1/s1. The summed E-state index contributed by atoms with van der Waals surface area (Å²) in [5.74, 6) is 0.0984. The molecule has 200 valence electrons. The van der Waals surface area contributed by atoms with Crippen LogP contribution in [0.4, 0.5) is 4.79 Å². The van der Waals surface area contributed by atoms with Gasteiger partial charge in [-0.25, -0.2) is 9.78 Å². The number of likely N-dealkylation sites (tertiary alicyclic amines) is 1. The van der Waals surface area contributed by atoms with Gasteiger partial charge in [0.1, 0.15) is 5.60 Å². The maximum Gasteiger partial charge on any atom is 0.410 e. The van der Waals surface area contributed by atoms with Crippen molar-refractivity contribution < 1.29 is 23.9 Å². The molecule has 2 aliphatic heterocycles. The van der Waals surface area contributed by atoms with Crippen molar-refractivity contribution >= 4 is 28.9 Å². The van der Waals surface area contributed by atoms with E-state index in [1.807, 2.05) is 54.8 Å². The normalized spacial score (nSPS) is 22.7. The number of para-hydroxylation sites is 2. The number of piperidine rings is 1. The van der Waals surface area contributed by atoms with Gasteiger partial charge in [-0.05, 0) is 58.1 Å². The van der Waals surface area contributed by atoms with Gasteiger partial charge in [0.2, 0.25) is 5.91 Å². The van der Waals surface area contributed by atoms with Crippen LogP contribution in [0.1, 0.15) is 50.7 Å². The molecule has 2 saturated heterocycles. The molecule has 1 aliphatic carbocycles. The molecule has 37 heavy (non-hydrogen) atoms. The van der Waals surface area contributed by atoms with Gasteiger partial charge in [0.25, 0.3) is 5.91 Å². The third kappa shape index (κ3) is 6.06. The lowest BCUT2D eigenvalue weighted by atomic mass is 9.91. The Kier molecular flexibility index (Phi) is 7.11. The Bertz CT molecular complexity index is 1110. The second-order valence-electron chi connectivity index (χ2n) is 11.4. The summed E-state index contributed by atoms with van der Waals surface area (Å²) in [4.78, 5) is 53.5. The Morgan fingerprint density at radius 3 is 2.51 bits per heavy atom. The zero-order valence-electron chi connectivity index (χ0n) is 21.9. The number of nitrogens with zero attached hydrogens (tertiary/aromatic N) is 4. The number of hydrogen-bond donors (Lipinski definition) is 1. The Morgan fingerprint density at radius 1 is 1.11 bits per heavy atom. The number of morpholine rings is 1. The number of aromatic amines is 1. The lowest BCUT2D eigenvalue weighted by molar-refractivity contribution is -0.142. The second-order valence-corrected chi connectivity index (χ2v) is 11.4. The Balaban J connectivity index is 1.42. The van der Waals surface area contributed by atoms with Gasteiger partial charge in [0.05, 0.1) is 36.2 Å². The van der Waals surface area contributed by atoms with Crippen LogP contribution in [0.25, 0.3) is 11.0 Å². The quantitative estimate of drug-likeness (QED) is 0.661. The van der Waals surface area contributed by atoms with E-state index < -0.39 is 17.6 Å². The van der Waals surface area contributed by atoms with Crippen LogP contribution in [0.5, 0.6) is 0 Å². The number of imidazole rings is 1. The van der Waals surface area contributed by atoms with Gasteiger partial charge in [-0.2, -0.15) is 0 Å². The van der Waals surface area contributed by atoms with Crippen LogP contribution in [-0.4, -0.2) is 100 Å². The number of carbonyl (C=O) groups is 3. The highest BCUT2D eigenvalue weighted by molar-refractivity contribution is 5.94. The SMILES string of the molecule is CC(C)(C)OC(=O)N1C[C@H](C(=O)N2CCOCC2)C[C@H](N(CC2CC2)C(=O)c2nc3ccccc3[nH]2)C1. The third-order valence-corrected chi connectivity index (χ3v) is 7.20. The largest absolute Gasteiger partial charge is 0.444 e. The van der Waals surface area contributed by atoms with E-state index >= 15 is 0 Å². The number of amides is 3. The first-order chi connectivity index (χ1) is 17.7. The van der Waals surface area contributed by atoms with E-state index in [0.717, 1.165) is 23.9 Å². The fourth-order valence-electron chi connectivity index (χ4n) is 5.16. The fourth-order valence-corrected chi connectivity index (χ4v) is 5.16. The molecule has 2 aromatic rings. The first-order valence-electron chi connectivity index (χ1n) is 13.3. The predicted molar refractivity (Wildman–Crippen MR) is 137 cm³/mol. The first kappa shape index (κ1) is 25.5. The lowest BCUT2D eigenvalue weighted by Crippen LogP contribution is -2.58. The number of hydrogen-bond acceptors (Lipinski definition) is 6. The van der Waals surface area contributed by atoms with Crippen molar-refractivity contribution in [3.63, 3.8) is 0 Å². The van der Waals surface area contributed by atoms with Gasteiger partial charge in [0.15, 0.2) is 5.82 Å². The van der Waals surface area contributed by atoms with E-state index in [4.69, 9.17) is 9.47 Å². The second kappa shape index (κ2) is 10.3. The van der Waals surface area contributed by atoms with Crippen molar-refractivity contribution in [2.45, 2.75) is 51.7 Å². The van der Waals surface area contributed by atoms with Crippen molar-refractivity contribution in [3.8, 4) is 0 Å². The molecule has 10 heteroatoms. The van der Waals surface area contributed by atoms with Crippen molar-refractivity contribution in [2.75, 3.05) is 45.9 Å². The number of ether oxygens (including phenoxy) is 2. The highest BCUT2D eigenvalue weighted by atomic mass is 16.6. The minimum Gasteiger partial charge on any atom is -0.444 e. The molecule has 1 aromatic heterocycles. The van der Waals surface area contributed by atoms with Crippen LogP contribution in [0.2, 0.25) is 0 Å². The number of rotatable bonds is 5. The first-order valence-corrected chi connectivity index (χ1v) is 13.3. The summed E-state index contributed by atoms with van der Waals surface area (Å²) < 4.78 is 11.1. The summed E-state index contributed by atoms with van der Waals surface area (Å²) in [6.07, 6.45) is 2.18. The molecule has 1 saturated carbocycles. The van der Waals surface area contributed by atoms with Crippen LogP contribution in [0.3, 0.4) is 0 Å². The number of nitrogens with one attached hydrogen (secondary N) is 1. The maximum absolute atomic E-state index is 13.8. The van der Waals surface area contributed by atoms with Crippen LogP contribution in [0.15, 0.2) is 24.3 Å². The van der Waals surface area contributed by atoms with E-state index in [1.54, 1.807) is 4.90 Å². The molecule has 3 fully saturated rings. The highest BCUT2D eigenvalue weighted by Gasteiger charge is 2.42. The molecule has 1 N–H and O–H groups in total. The molecule has 3 amide bonds. The molecule has 3 aliphatic rings. The Hall–Kier alpha value is -3.14. The van der Waals surface area contributed by atoms with Crippen LogP contribution < -0.4 is 0 Å². The van der Waals surface area contributed by atoms with Crippen molar-refractivity contribution in [2.24, 2.45) is 11.8 Å². The molecule has 0 bridgehead atoms. The van der Waals surface area contributed by atoms with Crippen LogP contribution in [-0.2, 0) is 14.3 Å². The number of carbonyl (C=O) groups excluding carboxylic acids is 3. The minimum atomic E-state index is -0.661. The van der Waals surface area contributed by atoms with Gasteiger partial charge in [0, 0.05) is 32.7 Å². The van der Waals surface area contributed by atoms with Gasteiger partial charge in [-0.15, -0.1) is 0 Å². The van der Waals surface area contributed by atoms with E-state index in [2.05, 4.69) is 9.97 Å². The topological polar surface area (TPSA) is 108 Å². The summed E-state index contributed by atoms with van der Waals surface area (Å²) in [5.41, 5.74) is 0.874. The molecular formula is C27H37N5O5. The molecule has 3 heterocycles. The summed E-state index contributed by atoms with van der Waals surface area (Å²) in [7, 11) is 0. The molecule has 2 atom stereocenters. The van der Waals surface area contributed by atoms with Crippen molar-refractivity contribution in [1.82, 2.24) is 24.7 Å². The van der Waals surface area contributed by atoms with Crippen molar-refractivity contribution in [1.29, 1.82) is 0 Å². The molecule has 1 aromatic carbocycles. The molecule has 5 rings (SSSR count). The Labute approximate surface area is 217 Å². The maximum atomic E-state index is 13.8. The summed E-state index contributed by atoms with van der Waals surface area (Å²) in [5, 5.41) is 0. The Morgan fingerprint density at radius 2 is 1.84 bits per heavy atom.